The number of carboxylic acid groups (broad SMARTS) is 1. The van der Waals surface area contributed by atoms with Crippen molar-refractivity contribution in [2.45, 2.75) is 18.9 Å². The first-order chi connectivity index (χ1) is 7.72. The standard InChI is InChI=1S/C12H12N2O2/c1-2-7-14(10-4-5-10)11-6-3-9(8-13-11)12(15)16/h1,3,6,8,10H,4-5,7H2,(H,15,16). The van der Waals surface area contributed by atoms with Gasteiger partial charge in [0.2, 0.25) is 0 Å². The number of carboxylic acids is 1. The van der Waals surface area contributed by atoms with Crippen molar-refractivity contribution in [3.05, 3.63) is 23.9 Å². The van der Waals surface area contributed by atoms with Gasteiger partial charge in [-0.2, -0.15) is 0 Å². The summed E-state index contributed by atoms with van der Waals surface area (Å²) in [6.07, 6.45) is 8.92. The molecule has 0 radical (unpaired) electrons. The van der Waals surface area contributed by atoms with Crippen LogP contribution in [-0.4, -0.2) is 28.6 Å². The van der Waals surface area contributed by atoms with Gasteiger partial charge in [0.15, 0.2) is 0 Å². The van der Waals surface area contributed by atoms with Gasteiger partial charge in [0.25, 0.3) is 0 Å². The molecule has 0 unspecified atom stereocenters. The molecule has 0 spiro atoms. The van der Waals surface area contributed by atoms with Gasteiger partial charge >= 0.3 is 5.97 Å². The molecule has 0 atom stereocenters. The van der Waals surface area contributed by atoms with Crippen LogP contribution in [0.4, 0.5) is 5.82 Å². The molecule has 0 saturated heterocycles. The maximum absolute atomic E-state index is 10.7. The van der Waals surface area contributed by atoms with E-state index in [2.05, 4.69) is 10.9 Å². The first-order valence-corrected chi connectivity index (χ1v) is 5.12. The molecule has 0 amide bonds. The number of hydrogen-bond acceptors (Lipinski definition) is 3. The summed E-state index contributed by atoms with van der Waals surface area (Å²) in [5, 5.41) is 8.75. The van der Waals surface area contributed by atoms with E-state index in [0.717, 1.165) is 18.7 Å². The topological polar surface area (TPSA) is 53.4 Å². The van der Waals surface area contributed by atoms with Crippen molar-refractivity contribution in [1.82, 2.24) is 4.98 Å². The van der Waals surface area contributed by atoms with Gasteiger partial charge in [0.05, 0.1) is 12.1 Å². The Hall–Kier alpha value is -2.02. The lowest BCUT2D eigenvalue weighted by molar-refractivity contribution is 0.0696. The number of aromatic nitrogens is 1. The Morgan fingerprint density at radius 1 is 1.62 bits per heavy atom. The Morgan fingerprint density at radius 2 is 2.38 bits per heavy atom. The largest absolute Gasteiger partial charge is 0.478 e. The number of carbonyl (C=O) groups is 1. The molecule has 1 saturated carbocycles. The molecule has 0 aliphatic heterocycles. The Balaban J connectivity index is 2.18. The lowest BCUT2D eigenvalue weighted by atomic mass is 10.3. The molecule has 1 fully saturated rings. The molecule has 1 aromatic rings. The van der Waals surface area contributed by atoms with E-state index in [0.29, 0.717) is 12.6 Å². The summed E-state index contributed by atoms with van der Waals surface area (Å²) in [6.45, 7) is 0.518. The molecular formula is C12H12N2O2. The fourth-order valence-corrected chi connectivity index (χ4v) is 1.56. The van der Waals surface area contributed by atoms with Crippen molar-refractivity contribution in [3.63, 3.8) is 0 Å². The zero-order chi connectivity index (χ0) is 11.5. The van der Waals surface area contributed by atoms with E-state index in [9.17, 15) is 4.79 Å². The maximum Gasteiger partial charge on any atom is 0.337 e. The summed E-state index contributed by atoms with van der Waals surface area (Å²) in [6, 6.07) is 3.73. The van der Waals surface area contributed by atoms with Crippen LogP contribution in [0.5, 0.6) is 0 Å². The molecule has 1 N–H and O–H groups in total. The van der Waals surface area contributed by atoms with E-state index < -0.39 is 5.97 Å². The van der Waals surface area contributed by atoms with Crippen molar-refractivity contribution in [2.75, 3.05) is 11.4 Å². The summed E-state index contributed by atoms with van der Waals surface area (Å²) < 4.78 is 0. The average molecular weight is 216 g/mol. The van der Waals surface area contributed by atoms with E-state index in [-0.39, 0.29) is 5.56 Å². The molecular weight excluding hydrogens is 204 g/mol. The third-order valence-corrected chi connectivity index (χ3v) is 2.54. The first kappa shape index (κ1) is 10.5. The van der Waals surface area contributed by atoms with Gasteiger partial charge in [0.1, 0.15) is 5.82 Å². The Morgan fingerprint density at radius 3 is 2.81 bits per heavy atom. The maximum atomic E-state index is 10.7. The summed E-state index contributed by atoms with van der Waals surface area (Å²) in [5.41, 5.74) is 0.195. The summed E-state index contributed by atoms with van der Waals surface area (Å²) in [5.74, 6) is 2.39. The van der Waals surface area contributed by atoms with Gasteiger partial charge in [-0.25, -0.2) is 9.78 Å². The van der Waals surface area contributed by atoms with Crippen LogP contribution in [-0.2, 0) is 0 Å². The minimum Gasteiger partial charge on any atom is -0.478 e. The molecule has 1 aromatic heterocycles. The van der Waals surface area contributed by atoms with Crippen LogP contribution in [0.25, 0.3) is 0 Å². The van der Waals surface area contributed by atoms with Gasteiger partial charge in [-0.3, -0.25) is 0 Å². The minimum atomic E-state index is -0.964. The third kappa shape index (κ3) is 2.14. The minimum absolute atomic E-state index is 0.195. The first-order valence-electron chi connectivity index (χ1n) is 5.12. The van der Waals surface area contributed by atoms with Crippen molar-refractivity contribution in [1.29, 1.82) is 0 Å². The fraction of sp³-hybridized carbons (Fsp3) is 0.333. The van der Waals surface area contributed by atoms with Crippen molar-refractivity contribution in [2.24, 2.45) is 0 Å². The van der Waals surface area contributed by atoms with Gasteiger partial charge in [0, 0.05) is 12.2 Å². The molecule has 1 aliphatic carbocycles. The van der Waals surface area contributed by atoms with Gasteiger partial charge < -0.3 is 10.0 Å². The van der Waals surface area contributed by atoms with Crippen LogP contribution in [0.2, 0.25) is 0 Å². The fourth-order valence-electron chi connectivity index (χ4n) is 1.56. The lowest BCUT2D eigenvalue weighted by Gasteiger charge is -2.20. The summed E-state index contributed by atoms with van der Waals surface area (Å²) in [7, 11) is 0. The van der Waals surface area contributed by atoms with E-state index in [1.807, 2.05) is 4.90 Å². The molecule has 4 heteroatoms. The number of pyridine rings is 1. The number of nitrogens with zero attached hydrogens (tertiary/aromatic N) is 2. The van der Waals surface area contributed by atoms with Crippen molar-refractivity contribution < 1.29 is 9.90 Å². The summed E-state index contributed by atoms with van der Waals surface area (Å²) in [4.78, 5) is 16.8. The lowest BCUT2D eigenvalue weighted by Crippen LogP contribution is -2.26. The van der Waals surface area contributed by atoms with E-state index in [4.69, 9.17) is 11.5 Å². The van der Waals surface area contributed by atoms with Crippen molar-refractivity contribution in [3.8, 4) is 12.3 Å². The molecule has 2 rings (SSSR count). The number of hydrogen-bond donors (Lipinski definition) is 1. The smallest absolute Gasteiger partial charge is 0.337 e. The highest BCUT2D eigenvalue weighted by molar-refractivity contribution is 5.87. The predicted octanol–water partition coefficient (Wildman–Crippen LogP) is 1.38. The highest BCUT2D eigenvalue weighted by Gasteiger charge is 2.29. The zero-order valence-electron chi connectivity index (χ0n) is 8.76. The molecule has 1 heterocycles. The van der Waals surface area contributed by atoms with Crippen molar-refractivity contribution >= 4 is 11.8 Å². The van der Waals surface area contributed by atoms with Crippen LogP contribution >= 0.6 is 0 Å². The molecule has 0 aromatic carbocycles. The highest BCUT2D eigenvalue weighted by Crippen LogP contribution is 2.30. The molecule has 1 aliphatic rings. The number of terminal acetylenes is 1. The SMILES string of the molecule is C#CCN(c1ccc(C(=O)O)cn1)C1CC1. The Bertz CT molecular complexity index is 429. The molecule has 82 valence electrons. The monoisotopic (exact) mass is 216 g/mol. The Kier molecular flexibility index (Phi) is 2.78. The normalized spacial score (nSPS) is 14.2. The average Bonchev–Trinajstić information content (AvgIpc) is 3.10. The van der Waals surface area contributed by atoms with E-state index in [1.54, 1.807) is 12.1 Å². The summed E-state index contributed by atoms with van der Waals surface area (Å²) >= 11 is 0. The van der Waals surface area contributed by atoms with Crippen LogP contribution in [0.1, 0.15) is 23.2 Å². The van der Waals surface area contributed by atoms with Gasteiger partial charge in [-0.05, 0) is 25.0 Å². The van der Waals surface area contributed by atoms with Gasteiger partial charge in [-0.1, -0.05) is 5.92 Å². The van der Waals surface area contributed by atoms with Crippen LogP contribution in [0, 0.1) is 12.3 Å². The second-order valence-electron chi connectivity index (χ2n) is 3.77. The van der Waals surface area contributed by atoms with Crippen LogP contribution in [0.3, 0.4) is 0 Å². The van der Waals surface area contributed by atoms with Gasteiger partial charge in [-0.15, -0.1) is 6.42 Å². The quantitative estimate of drug-likeness (QED) is 0.772. The molecule has 0 bridgehead atoms. The van der Waals surface area contributed by atoms with Crippen LogP contribution < -0.4 is 4.90 Å². The third-order valence-electron chi connectivity index (χ3n) is 2.54. The zero-order valence-corrected chi connectivity index (χ0v) is 8.76. The predicted molar refractivity (Wildman–Crippen MR) is 60.4 cm³/mol. The van der Waals surface area contributed by atoms with E-state index >= 15 is 0 Å². The molecule has 16 heavy (non-hydrogen) atoms. The Labute approximate surface area is 93.9 Å². The number of rotatable bonds is 4. The second kappa shape index (κ2) is 4.23. The number of anilines is 1. The van der Waals surface area contributed by atoms with Crippen LogP contribution in [0.15, 0.2) is 18.3 Å². The second-order valence-corrected chi connectivity index (χ2v) is 3.77. The van der Waals surface area contributed by atoms with E-state index in [1.165, 1.54) is 6.20 Å². The highest BCUT2D eigenvalue weighted by atomic mass is 16.4. The molecule has 4 nitrogen and oxygen atoms in total. The number of aromatic carboxylic acids is 1.